The molecule has 0 aliphatic carbocycles. The summed E-state index contributed by atoms with van der Waals surface area (Å²) in [6.07, 6.45) is -0.897. The molecule has 0 fully saturated rings. The number of carboxylic acid groups (broad SMARTS) is 1. The summed E-state index contributed by atoms with van der Waals surface area (Å²) in [5.41, 5.74) is 0.809. The quantitative estimate of drug-likeness (QED) is 0.834. The molecule has 7 nitrogen and oxygen atoms in total. The normalized spacial score (nSPS) is 18.0. The number of nitrogens with zero attached hydrogens (tertiary/aromatic N) is 1. The van der Waals surface area contributed by atoms with Gasteiger partial charge in [-0.3, -0.25) is 0 Å². The van der Waals surface area contributed by atoms with Gasteiger partial charge in [-0.15, -0.1) is 0 Å². The molecule has 8 heteroatoms. The van der Waals surface area contributed by atoms with Gasteiger partial charge in [-0.2, -0.15) is 0 Å². The van der Waals surface area contributed by atoms with Crippen molar-refractivity contribution in [3.8, 4) is 0 Å². The number of alkyl carbamates (subject to hydrolysis) is 1. The van der Waals surface area contributed by atoms with E-state index in [0.29, 0.717) is 6.42 Å². The number of carboxylic acids is 1. The number of aliphatic carboxylic acids is 1. The number of benzene rings is 1. The average Bonchev–Trinajstić information content (AvgIpc) is 2.91. The standard InChI is InChI=1S/C14H15ClN2O5/c15-12-7-10(22-17-12)6-11(13(18)19)16-14(20)21-8-9-4-2-1-3-5-9/h1-5,10-11H,6-8H2,(H,16,20)(H,18,19)/t10-,11-/m0/s1. The summed E-state index contributed by atoms with van der Waals surface area (Å²) < 4.78 is 4.99. The second kappa shape index (κ2) is 7.65. The van der Waals surface area contributed by atoms with Gasteiger partial charge in [0.15, 0.2) is 0 Å². The number of amides is 1. The molecular formula is C14H15ClN2O5. The number of carbonyl (C=O) groups is 2. The van der Waals surface area contributed by atoms with E-state index in [-0.39, 0.29) is 18.2 Å². The van der Waals surface area contributed by atoms with Crippen molar-refractivity contribution in [3.05, 3.63) is 35.9 Å². The Labute approximate surface area is 131 Å². The highest BCUT2D eigenvalue weighted by Crippen LogP contribution is 2.17. The molecule has 2 rings (SSSR count). The van der Waals surface area contributed by atoms with Crippen molar-refractivity contribution < 1.29 is 24.3 Å². The smallest absolute Gasteiger partial charge is 0.408 e. The first-order valence-corrected chi connectivity index (χ1v) is 7.00. The lowest BCUT2D eigenvalue weighted by Crippen LogP contribution is -2.43. The molecule has 2 N–H and O–H groups in total. The number of nitrogens with one attached hydrogen (secondary N) is 1. The Bertz CT molecular complexity index is 564. The molecule has 0 radical (unpaired) electrons. The van der Waals surface area contributed by atoms with Crippen molar-refractivity contribution in [2.24, 2.45) is 5.16 Å². The zero-order valence-corrected chi connectivity index (χ0v) is 12.3. The van der Waals surface area contributed by atoms with Gasteiger partial charge in [-0.25, -0.2) is 9.59 Å². The topological polar surface area (TPSA) is 97.2 Å². The van der Waals surface area contributed by atoms with Crippen LogP contribution in [0.15, 0.2) is 35.5 Å². The Hall–Kier alpha value is -2.28. The Kier molecular flexibility index (Phi) is 5.60. The lowest BCUT2D eigenvalue weighted by molar-refractivity contribution is -0.140. The van der Waals surface area contributed by atoms with Crippen LogP contribution in [0.5, 0.6) is 0 Å². The van der Waals surface area contributed by atoms with Crippen molar-refractivity contribution >= 4 is 28.8 Å². The van der Waals surface area contributed by atoms with Crippen LogP contribution in [0.3, 0.4) is 0 Å². The molecule has 22 heavy (non-hydrogen) atoms. The lowest BCUT2D eigenvalue weighted by atomic mass is 10.1. The molecule has 1 aromatic carbocycles. The van der Waals surface area contributed by atoms with Crippen molar-refractivity contribution in [1.82, 2.24) is 5.32 Å². The van der Waals surface area contributed by atoms with E-state index < -0.39 is 24.2 Å². The number of rotatable bonds is 6. The maximum atomic E-state index is 11.7. The molecule has 0 saturated carbocycles. The van der Waals surface area contributed by atoms with Crippen LogP contribution >= 0.6 is 11.6 Å². The maximum absolute atomic E-state index is 11.7. The second-order valence-corrected chi connectivity index (χ2v) is 5.17. The van der Waals surface area contributed by atoms with Crippen LogP contribution in [0.2, 0.25) is 0 Å². The molecule has 1 aliphatic heterocycles. The number of hydrogen-bond donors (Lipinski definition) is 2. The summed E-state index contributed by atoms with van der Waals surface area (Å²) in [6.45, 7) is 0.0634. The van der Waals surface area contributed by atoms with Crippen molar-refractivity contribution in [2.75, 3.05) is 0 Å². The van der Waals surface area contributed by atoms with Crippen molar-refractivity contribution in [1.29, 1.82) is 0 Å². The first-order chi connectivity index (χ1) is 10.5. The predicted molar refractivity (Wildman–Crippen MR) is 78.6 cm³/mol. The minimum atomic E-state index is -1.18. The second-order valence-electron chi connectivity index (χ2n) is 4.73. The van der Waals surface area contributed by atoms with E-state index in [1.165, 1.54) is 0 Å². The molecule has 1 aromatic rings. The molecule has 0 spiro atoms. The fourth-order valence-corrected chi connectivity index (χ4v) is 2.12. The van der Waals surface area contributed by atoms with Crippen LogP contribution in [0.4, 0.5) is 4.79 Å². The Balaban J connectivity index is 1.80. The van der Waals surface area contributed by atoms with Crippen LogP contribution in [-0.2, 0) is 21.0 Å². The molecule has 0 saturated heterocycles. The Morgan fingerprint density at radius 1 is 1.45 bits per heavy atom. The summed E-state index contributed by atoms with van der Waals surface area (Å²) in [5, 5.41) is 15.2. The van der Waals surface area contributed by atoms with E-state index in [4.69, 9.17) is 26.3 Å². The van der Waals surface area contributed by atoms with E-state index >= 15 is 0 Å². The molecule has 0 bridgehead atoms. The molecule has 2 atom stereocenters. The molecular weight excluding hydrogens is 312 g/mol. The number of carbonyl (C=O) groups excluding carboxylic acids is 1. The van der Waals surface area contributed by atoms with E-state index in [9.17, 15) is 9.59 Å². The van der Waals surface area contributed by atoms with E-state index in [0.717, 1.165) is 5.56 Å². The highest BCUT2D eigenvalue weighted by atomic mass is 35.5. The maximum Gasteiger partial charge on any atom is 0.408 e. The summed E-state index contributed by atoms with van der Waals surface area (Å²) in [6, 6.07) is 7.95. The minimum Gasteiger partial charge on any atom is -0.480 e. The van der Waals surface area contributed by atoms with Crippen LogP contribution in [-0.4, -0.2) is 34.5 Å². The summed E-state index contributed by atoms with van der Waals surface area (Å²) >= 11 is 5.66. The number of ether oxygens (including phenoxy) is 1. The van der Waals surface area contributed by atoms with Crippen LogP contribution in [0, 0.1) is 0 Å². The van der Waals surface area contributed by atoms with Gasteiger partial charge in [0.25, 0.3) is 0 Å². The van der Waals surface area contributed by atoms with Gasteiger partial charge >= 0.3 is 12.1 Å². The minimum absolute atomic E-state index is 0.0511. The fraction of sp³-hybridized carbons (Fsp3) is 0.357. The van der Waals surface area contributed by atoms with Gasteiger partial charge < -0.3 is 20.0 Å². The molecule has 1 aliphatic rings. The third kappa shape index (κ3) is 4.92. The summed E-state index contributed by atoms with van der Waals surface area (Å²) in [5.74, 6) is -1.18. The van der Waals surface area contributed by atoms with Gasteiger partial charge in [0, 0.05) is 12.8 Å². The lowest BCUT2D eigenvalue weighted by Gasteiger charge is -2.17. The predicted octanol–water partition coefficient (Wildman–Crippen LogP) is 2.10. The average molecular weight is 327 g/mol. The third-order valence-electron chi connectivity index (χ3n) is 3.00. The van der Waals surface area contributed by atoms with Crippen LogP contribution in [0.25, 0.3) is 0 Å². The van der Waals surface area contributed by atoms with E-state index in [1.54, 1.807) is 12.1 Å². The zero-order chi connectivity index (χ0) is 15.9. The highest BCUT2D eigenvalue weighted by molar-refractivity contribution is 6.65. The molecule has 1 heterocycles. The summed E-state index contributed by atoms with van der Waals surface area (Å²) in [7, 11) is 0. The van der Waals surface area contributed by atoms with Gasteiger partial charge in [0.05, 0.1) is 0 Å². The molecule has 0 aromatic heterocycles. The fourth-order valence-electron chi connectivity index (χ4n) is 1.91. The first-order valence-electron chi connectivity index (χ1n) is 6.63. The molecule has 118 valence electrons. The van der Waals surface area contributed by atoms with E-state index in [1.807, 2.05) is 18.2 Å². The van der Waals surface area contributed by atoms with E-state index in [2.05, 4.69) is 10.5 Å². The SMILES string of the molecule is O=C(N[C@@H](C[C@H]1CC(Cl)=NO1)C(=O)O)OCc1ccccc1. The molecule has 0 unspecified atom stereocenters. The zero-order valence-electron chi connectivity index (χ0n) is 11.6. The van der Waals surface area contributed by atoms with Gasteiger partial charge in [-0.05, 0) is 5.56 Å². The largest absolute Gasteiger partial charge is 0.480 e. The monoisotopic (exact) mass is 326 g/mol. The number of oxime groups is 1. The van der Waals surface area contributed by atoms with Gasteiger partial charge in [0.2, 0.25) is 0 Å². The van der Waals surface area contributed by atoms with Crippen LogP contribution < -0.4 is 5.32 Å². The summed E-state index contributed by atoms with van der Waals surface area (Å²) in [4.78, 5) is 27.8. The highest BCUT2D eigenvalue weighted by Gasteiger charge is 2.29. The number of hydrogen-bond acceptors (Lipinski definition) is 5. The van der Waals surface area contributed by atoms with Gasteiger partial charge in [-0.1, -0.05) is 47.1 Å². The Morgan fingerprint density at radius 2 is 2.18 bits per heavy atom. The van der Waals surface area contributed by atoms with Crippen molar-refractivity contribution in [2.45, 2.75) is 31.6 Å². The van der Waals surface area contributed by atoms with Crippen LogP contribution in [0.1, 0.15) is 18.4 Å². The first kappa shape index (κ1) is 16.1. The number of halogens is 1. The third-order valence-corrected chi connectivity index (χ3v) is 3.22. The van der Waals surface area contributed by atoms with Gasteiger partial charge in [0.1, 0.15) is 23.9 Å². The molecule has 1 amide bonds. The van der Waals surface area contributed by atoms with Crippen molar-refractivity contribution in [3.63, 3.8) is 0 Å². The Morgan fingerprint density at radius 3 is 2.77 bits per heavy atom.